The zero-order valence-corrected chi connectivity index (χ0v) is 21.7. The van der Waals surface area contributed by atoms with Crippen molar-refractivity contribution in [3.05, 3.63) is 72.8 Å². The van der Waals surface area contributed by atoms with E-state index in [0.29, 0.717) is 16.9 Å². The molecule has 13 heteroatoms. The van der Waals surface area contributed by atoms with Crippen LogP contribution in [0.25, 0.3) is 11.2 Å². The number of hydrogen-bond acceptors (Lipinski definition) is 11. The van der Waals surface area contributed by atoms with E-state index in [1.807, 2.05) is 68.4 Å². The molecule has 4 heterocycles. The second-order valence-corrected chi connectivity index (χ2v) is 9.67. The molecule has 2 aliphatic rings. The highest BCUT2D eigenvalue weighted by Gasteiger charge is 2.56. The fourth-order valence-corrected chi connectivity index (χ4v) is 4.67. The Bertz CT molecular complexity index is 1530. The molecule has 2 aromatic heterocycles. The lowest BCUT2D eigenvalue weighted by atomic mass is 10.1. The van der Waals surface area contributed by atoms with E-state index in [-0.39, 0.29) is 12.4 Å². The van der Waals surface area contributed by atoms with Crippen molar-refractivity contribution < 1.29 is 28.5 Å². The molecule has 206 valence electrons. The average molecular weight is 546 g/mol. The van der Waals surface area contributed by atoms with E-state index in [9.17, 15) is 4.79 Å². The van der Waals surface area contributed by atoms with Gasteiger partial charge in [0.25, 0.3) is 0 Å². The standard InChI is InChI=1S/C27H27N7O6/c1-27(2)39-21-19(38-25(22(21)40-27)34-15-31-20-23(28)29-14-30-24(20)34)13-36-26(35)33-32-12-16-8-10-18(11-9-16)37-17-6-4-3-5-7-17/h3-12,14-15,19,21-22,25H,13H2,1-2H3,(H,33,35)(H2,28,29,30)/b32-12+/t19-,21-,22-,25-/m1/s1. The first-order chi connectivity index (χ1) is 19.4. The van der Waals surface area contributed by atoms with Crippen molar-refractivity contribution in [2.24, 2.45) is 5.10 Å². The van der Waals surface area contributed by atoms with Crippen molar-refractivity contribution in [1.29, 1.82) is 0 Å². The van der Waals surface area contributed by atoms with E-state index in [0.717, 1.165) is 11.3 Å². The Morgan fingerprint density at radius 3 is 2.62 bits per heavy atom. The van der Waals surface area contributed by atoms with Crippen LogP contribution in [0, 0.1) is 0 Å². The number of ether oxygens (including phenoxy) is 5. The molecule has 4 atom stereocenters. The zero-order chi connectivity index (χ0) is 27.7. The Morgan fingerprint density at radius 2 is 1.82 bits per heavy atom. The highest BCUT2D eigenvalue weighted by Crippen LogP contribution is 2.43. The third-order valence-electron chi connectivity index (χ3n) is 6.39. The van der Waals surface area contributed by atoms with Gasteiger partial charge >= 0.3 is 6.09 Å². The van der Waals surface area contributed by atoms with Crippen LogP contribution < -0.4 is 15.9 Å². The molecule has 2 saturated heterocycles. The van der Waals surface area contributed by atoms with Crippen molar-refractivity contribution >= 4 is 29.3 Å². The molecule has 3 N–H and O–H groups in total. The van der Waals surface area contributed by atoms with Gasteiger partial charge in [-0.1, -0.05) is 18.2 Å². The third kappa shape index (κ3) is 5.30. The molecule has 0 aliphatic carbocycles. The van der Waals surface area contributed by atoms with Gasteiger partial charge in [-0.15, -0.1) is 0 Å². The van der Waals surface area contributed by atoms with Crippen LogP contribution in [0.5, 0.6) is 11.5 Å². The van der Waals surface area contributed by atoms with Gasteiger partial charge in [0.05, 0.1) is 12.5 Å². The largest absolute Gasteiger partial charge is 0.457 e. The lowest BCUT2D eigenvalue weighted by Gasteiger charge is -2.24. The van der Waals surface area contributed by atoms with Crippen LogP contribution in [0.4, 0.5) is 10.6 Å². The number of carbonyl (C=O) groups excluding carboxylic acids is 1. The molecule has 0 radical (unpaired) electrons. The number of hydrogen-bond donors (Lipinski definition) is 2. The van der Waals surface area contributed by atoms with Crippen LogP contribution in [-0.2, 0) is 18.9 Å². The molecule has 2 fully saturated rings. The molecule has 40 heavy (non-hydrogen) atoms. The molecule has 4 aromatic rings. The topological polar surface area (TPSA) is 157 Å². The minimum Gasteiger partial charge on any atom is -0.457 e. The third-order valence-corrected chi connectivity index (χ3v) is 6.39. The van der Waals surface area contributed by atoms with E-state index in [4.69, 9.17) is 29.4 Å². The molecular formula is C27H27N7O6. The number of aromatic nitrogens is 4. The Balaban J connectivity index is 1.05. The number of hydrazone groups is 1. The van der Waals surface area contributed by atoms with Gasteiger partial charge in [0, 0.05) is 0 Å². The molecule has 0 unspecified atom stereocenters. The minimum absolute atomic E-state index is 0.0895. The van der Waals surface area contributed by atoms with E-state index in [1.165, 1.54) is 12.5 Å². The number of anilines is 1. The van der Waals surface area contributed by atoms with Gasteiger partial charge in [-0.3, -0.25) is 4.57 Å². The van der Waals surface area contributed by atoms with Crippen LogP contribution >= 0.6 is 0 Å². The van der Waals surface area contributed by atoms with Gasteiger partial charge in [0.1, 0.15) is 48.3 Å². The van der Waals surface area contributed by atoms with Crippen molar-refractivity contribution in [1.82, 2.24) is 24.9 Å². The van der Waals surface area contributed by atoms with Gasteiger partial charge in [-0.05, 0) is 55.8 Å². The SMILES string of the molecule is CC1(C)O[C@@H]2[C@H](O1)[C@@H](COC(=O)N/N=C/c1ccc(Oc3ccccc3)cc1)O[C@H]2n1cnc2c(N)ncnc21. The molecule has 1 amide bonds. The number of carbonyl (C=O) groups is 1. The summed E-state index contributed by atoms with van der Waals surface area (Å²) in [6.07, 6.45) is 1.45. The average Bonchev–Trinajstić information content (AvgIpc) is 3.60. The maximum atomic E-state index is 12.3. The summed E-state index contributed by atoms with van der Waals surface area (Å²) in [5.74, 6) is 0.835. The van der Waals surface area contributed by atoms with E-state index in [2.05, 4.69) is 25.5 Å². The van der Waals surface area contributed by atoms with E-state index >= 15 is 0 Å². The normalized spacial score (nSPS) is 23.4. The number of nitrogens with two attached hydrogens (primary N) is 1. The fraction of sp³-hybridized carbons (Fsp3) is 0.296. The van der Waals surface area contributed by atoms with E-state index < -0.39 is 36.4 Å². The van der Waals surface area contributed by atoms with Crippen molar-refractivity contribution in [3.8, 4) is 11.5 Å². The Labute approximate surface area is 228 Å². The summed E-state index contributed by atoms with van der Waals surface area (Å²) in [5, 5.41) is 3.96. The molecule has 13 nitrogen and oxygen atoms in total. The Kier molecular flexibility index (Phi) is 6.76. The van der Waals surface area contributed by atoms with Gasteiger partial charge in [-0.25, -0.2) is 25.2 Å². The quantitative estimate of drug-likeness (QED) is 0.261. The Morgan fingerprint density at radius 1 is 1.07 bits per heavy atom. The van der Waals surface area contributed by atoms with Crippen LogP contribution in [0.3, 0.4) is 0 Å². The number of imidazole rings is 1. The highest BCUT2D eigenvalue weighted by atomic mass is 16.8. The van der Waals surface area contributed by atoms with Crippen molar-refractivity contribution in [2.45, 2.75) is 44.2 Å². The highest BCUT2D eigenvalue weighted by molar-refractivity contribution is 5.81. The molecule has 2 aliphatic heterocycles. The first kappa shape index (κ1) is 25.7. The van der Waals surface area contributed by atoms with Gasteiger partial charge in [0.15, 0.2) is 23.5 Å². The van der Waals surface area contributed by atoms with Crippen molar-refractivity contribution in [2.75, 3.05) is 12.3 Å². The number of para-hydroxylation sites is 1. The second kappa shape index (κ2) is 10.5. The summed E-state index contributed by atoms with van der Waals surface area (Å²) in [7, 11) is 0. The first-order valence-electron chi connectivity index (χ1n) is 12.6. The Hall–Kier alpha value is -4.59. The summed E-state index contributed by atoms with van der Waals surface area (Å²) < 4.78 is 31.3. The number of benzene rings is 2. The summed E-state index contributed by atoms with van der Waals surface area (Å²) in [4.78, 5) is 24.9. The number of nitrogens with zero attached hydrogens (tertiary/aromatic N) is 5. The molecule has 0 spiro atoms. The predicted molar refractivity (Wildman–Crippen MR) is 143 cm³/mol. The molecular weight excluding hydrogens is 518 g/mol. The minimum atomic E-state index is -0.853. The molecule has 0 bridgehead atoms. The molecule has 6 rings (SSSR count). The summed E-state index contributed by atoms with van der Waals surface area (Å²) >= 11 is 0. The smallest absolute Gasteiger partial charge is 0.427 e. The number of fused-ring (bicyclic) bond motifs is 2. The molecule has 2 aromatic carbocycles. The summed E-state index contributed by atoms with van der Waals surface area (Å²) in [6.45, 7) is 3.54. The zero-order valence-electron chi connectivity index (χ0n) is 21.7. The van der Waals surface area contributed by atoms with Gasteiger partial charge in [0.2, 0.25) is 0 Å². The molecule has 0 saturated carbocycles. The number of nitrogen functional groups attached to an aromatic ring is 1. The van der Waals surface area contributed by atoms with Gasteiger partial charge < -0.3 is 29.4 Å². The van der Waals surface area contributed by atoms with Crippen molar-refractivity contribution in [3.63, 3.8) is 0 Å². The lowest BCUT2D eigenvalue weighted by molar-refractivity contribution is -0.199. The van der Waals surface area contributed by atoms with Crippen LogP contribution in [0.15, 0.2) is 72.4 Å². The lowest BCUT2D eigenvalue weighted by Crippen LogP contribution is -2.34. The maximum Gasteiger partial charge on any atom is 0.427 e. The van der Waals surface area contributed by atoms with Crippen LogP contribution in [0.2, 0.25) is 0 Å². The summed E-state index contributed by atoms with van der Waals surface area (Å²) in [5.41, 5.74) is 10.0. The summed E-state index contributed by atoms with van der Waals surface area (Å²) in [6, 6.07) is 16.7. The maximum absolute atomic E-state index is 12.3. The second-order valence-electron chi connectivity index (χ2n) is 9.67. The first-order valence-corrected chi connectivity index (χ1v) is 12.6. The fourth-order valence-electron chi connectivity index (χ4n) is 4.67. The van der Waals surface area contributed by atoms with E-state index in [1.54, 1.807) is 10.9 Å². The monoisotopic (exact) mass is 545 g/mol. The predicted octanol–water partition coefficient (Wildman–Crippen LogP) is 3.38. The number of rotatable bonds is 7. The van der Waals surface area contributed by atoms with Gasteiger partial charge in [-0.2, -0.15) is 5.10 Å². The number of nitrogens with one attached hydrogen (secondary N) is 1. The number of amides is 1. The van der Waals surface area contributed by atoms with Crippen LogP contribution in [-0.4, -0.2) is 62.5 Å². The van der Waals surface area contributed by atoms with Crippen LogP contribution in [0.1, 0.15) is 25.6 Å².